The summed E-state index contributed by atoms with van der Waals surface area (Å²) in [6.07, 6.45) is -2.36. The second kappa shape index (κ2) is 4.76. The van der Waals surface area contributed by atoms with Crippen molar-refractivity contribution in [2.75, 3.05) is 33.7 Å². The molecule has 2 aliphatic rings. The summed E-state index contributed by atoms with van der Waals surface area (Å²) in [4.78, 5) is 4.26. The zero-order valence-electron chi connectivity index (χ0n) is 10.5. The van der Waals surface area contributed by atoms with E-state index in [0.29, 0.717) is 17.9 Å². The van der Waals surface area contributed by atoms with E-state index in [1.807, 2.05) is 11.9 Å². The minimum atomic E-state index is -4.03. The van der Waals surface area contributed by atoms with Gasteiger partial charge in [-0.15, -0.1) is 0 Å². The van der Waals surface area contributed by atoms with Crippen molar-refractivity contribution in [3.8, 4) is 0 Å². The highest BCUT2D eigenvalue weighted by molar-refractivity contribution is 4.97. The highest BCUT2D eigenvalue weighted by Crippen LogP contribution is 2.39. The maximum absolute atomic E-state index is 12.2. The first-order chi connectivity index (χ1) is 7.87. The van der Waals surface area contributed by atoms with Crippen LogP contribution in [0, 0.1) is 11.8 Å². The molecule has 100 valence electrons. The number of likely N-dealkylation sites (tertiary alicyclic amines) is 1. The zero-order valence-corrected chi connectivity index (χ0v) is 10.5. The topological polar surface area (TPSA) is 6.48 Å². The lowest BCUT2D eigenvalue weighted by atomic mass is 9.91. The predicted molar refractivity (Wildman–Crippen MR) is 60.8 cm³/mol. The van der Waals surface area contributed by atoms with Gasteiger partial charge in [-0.3, -0.25) is 0 Å². The molecule has 17 heavy (non-hydrogen) atoms. The second-order valence-electron chi connectivity index (χ2n) is 5.66. The van der Waals surface area contributed by atoms with Crippen LogP contribution in [-0.4, -0.2) is 55.7 Å². The Morgan fingerprint density at radius 3 is 2.18 bits per heavy atom. The third kappa shape index (κ3) is 3.13. The summed E-state index contributed by atoms with van der Waals surface area (Å²) >= 11 is 0. The number of alkyl halides is 3. The van der Waals surface area contributed by atoms with Gasteiger partial charge in [0.2, 0.25) is 0 Å². The number of hydrogen-bond acceptors (Lipinski definition) is 2. The van der Waals surface area contributed by atoms with Crippen molar-refractivity contribution in [1.29, 1.82) is 0 Å². The molecule has 0 aromatic rings. The largest absolute Gasteiger partial charge is 0.390 e. The first kappa shape index (κ1) is 13.1. The van der Waals surface area contributed by atoms with Crippen LogP contribution in [-0.2, 0) is 0 Å². The Bertz CT molecular complexity index is 253. The summed E-state index contributed by atoms with van der Waals surface area (Å²) in [6, 6.07) is 0.369. The molecule has 1 aliphatic carbocycles. The fraction of sp³-hybridized carbons (Fsp3) is 1.00. The molecule has 0 radical (unpaired) electrons. The van der Waals surface area contributed by atoms with Crippen LogP contribution < -0.4 is 0 Å². The summed E-state index contributed by atoms with van der Waals surface area (Å²) < 4.78 is 36.7. The summed E-state index contributed by atoms with van der Waals surface area (Å²) in [5.74, 6) is 1.13. The van der Waals surface area contributed by atoms with Crippen molar-refractivity contribution in [1.82, 2.24) is 9.80 Å². The molecule has 0 spiro atoms. The minimum absolute atomic E-state index is 0.144. The van der Waals surface area contributed by atoms with Crippen molar-refractivity contribution in [3.05, 3.63) is 0 Å². The number of fused-ring (bicyclic) bond motifs is 2. The first-order valence-electron chi connectivity index (χ1n) is 6.32. The highest BCUT2D eigenvalue weighted by atomic mass is 19.4. The van der Waals surface area contributed by atoms with Crippen LogP contribution in [0.15, 0.2) is 0 Å². The fourth-order valence-corrected chi connectivity index (χ4v) is 3.60. The third-order valence-electron chi connectivity index (χ3n) is 4.22. The van der Waals surface area contributed by atoms with Crippen LogP contribution in [0.5, 0.6) is 0 Å². The van der Waals surface area contributed by atoms with Crippen molar-refractivity contribution in [2.45, 2.75) is 31.5 Å². The van der Waals surface area contributed by atoms with Gasteiger partial charge in [0.05, 0.1) is 6.42 Å². The molecule has 0 aromatic carbocycles. The maximum atomic E-state index is 12.2. The van der Waals surface area contributed by atoms with Crippen LogP contribution in [0.2, 0.25) is 0 Å². The molecule has 3 atom stereocenters. The zero-order chi connectivity index (χ0) is 12.6. The quantitative estimate of drug-likeness (QED) is 0.757. The Kier molecular flexibility index (Phi) is 3.69. The Morgan fingerprint density at radius 1 is 1.18 bits per heavy atom. The van der Waals surface area contributed by atoms with Gasteiger partial charge in [-0.1, -0.05) is 0 Å². The maximum Gasteiger partial charge on any atom is 0.390 e. The highest BCUT2D eigenvalue weighted by Gasteiger charge is 2.43. The number of rotatable bonds is 3. The third-order valence-corrected chi connectivity index (χ3v) is 4.22. The van der Waals surface area contributed by atoms with Gasteiger partial charge in [-0.05, 0) is 38.8 Å². The summed E-state index contributed by atoms with van der Waals surface area (Å²) in [6.45, 7) is 2.22. The van der Waals surface area contributed by atoms with Gasteiger partial charge in [0, 0.05) is 25.7 Å². The number of hydrogen-bond donors (Lipinski definition) is 0. The van der Waals surface area contributed by atoms with Crippen LogP contribution >= 0.6 is 0 Å². The molecule has 1 saturated carbocycles. The summed E-state index contributed by atoms with van der Waals surface area (Å²) in [5.41, 5.74) is 0. The summed E-state index contributed by atoms with van der Waals surface area (Å²) in [5, 5.41) is 0. The lowest BCUT2D eigenvalue weighted by molar-refractivity contribution is -0.139. The van der Waals surface area contributed by atoms with Gasteiger partial charge in [0.25, 0.3) is 0 Å². The van der Waals surface area contributed by atoms with E-state index in [4.69, 9.17) is 0 Å². The molecule has 0 unspecified atom stereocenters. The molecule has 2 fully saturated rings. The number of halogens is 3. The Hall–Kier alpha value is -0.290. The van der Waals surface area contributed by atoms with Gasteiger partial charge in [-0.25, -0.2) is 0 Å². The standard InChI is InChI=1S/C12H21F3N2/c1-16-7-9-3-4-10(8-16)11(9)17(2)6-5-12(13,14)15/h9-11H,3-8H2,1-2H3/t9-,10+,11+. The van der Waals surface area contributed by atoms with Crippen LogP contribution in [0.3, 0.4) is 0 Å². The van der Waals surface area contributed by atoms with Crippen molar-refractivity contribution in [2.24, 2.45) is 11.8 Å². The Morgan fingerprint density at radius 2 is 1.71 bits per heavy atom. The SMILES string of the molecule is CN1C[C@H]2CC[C@@H](C1)[C@H]2N(C)CCC(F)(F)F. The van der Waals surface area contributed by atoms with E-state index in [1.165, 1.54) is 12.8 Å². The minimum Gasteiger partial charge on any atom is -0.306 e. The second-order valence-corrected chi connectivity index (χ2v) is 5.66. The van der Waals surface area contributed by atoms with Crippen molar-refractivity contribution in [3.63, 3.8) is 0 Å². The average molecular weight is 250 g/mol. The molecule has 2 bridgehead atoms. The molecule has 2 rings (SSSR count). The lowest BCUT2D eigenvalue weighted by Gasteiger charge is -2.41. The van der Waals surface area contributed by atoms with Gasteiger partial charge in [0.15, 0.2) is 0 Å². The van der Waals surface area contributed by atoms with Crippen molar-refractivity contribution < 1.29 is 13.2 Å². The van der Waals surface area contributed by atoms with E-state index in [9.17, 15) is 13.2 Å². The van der Waals surface area contributed by atoms with E-state index in [-0.39, 0.29) is 6.54 Å². The molecule has 1 heterocycles. The Balaban J connectivity index is 1.90. The fourth-order valence-electron chi connectivity index (χ4n) is 3.60. The van der Waals surface area contributed by atoms with Gasteiger partial charge < -0.3 is 9.80 Å². The van der Waals surface area contributed by atoms with Crippen molar-refractivity contribution >= 4 is 0 Å². The van der Waals surface area contributed by atoms with Crippen LogP contribution in [0.4, 0.5) is 13.2 Å². The normalized spacial score (nSPS) is 34.6. The first-order valence-corrected chi connectivity index (χ1v) is 6.32. The molecular formula is C12H21F3N2. The summed E-state index contributed by atoms with van der Waals surface area (Å²) in [7, 11) is 3.96. The van der Waals surface area contributed by atoms with Crippen LogP contribution in [0.25, 0.3) is 0 Å². The molecule has 0 N–H and O–H groups in total. The van der Waals surface area contributed by atoms with Gasteiger partial charge >= 0.3 is 6.18 Å². The van der Waals surface area contributed by atoms with E-state index in [1.54, 1.807) is 0 Å². The van der Waals surface area contributed by atoms with Gasteiger partial charge in [-0.2, -0.15) is 13.2 Å². The van der Waals surface area contributed by atoms with Crippen LogP contribution in [0.1, 0.15) is 19.3 Å². The predicted octanol–water partition coefficient (Wildman–Crippen LogP) is 2.21. The van der Waals surface area contributed by atoms with Gasteiger partial charge in [0.1, 0.15) is 0 Å². The Labute approximate surface area is 101 Å². The molecule has 2 nitrogen and oxygen atoms in total. The number of piperidine rings is 1. The smallest absolute Gasteiger partial charge is 0.306 e. The average Bonchev–Trinajstić information content (AvgIpc) is 2.47. The molecule has 5 heteroatoms. The molecule has 1 aliphatic heterocycles. The molecular weight excluding hydrogens is 229 g/mol. The van der Waals surface area contributed by atoms with E-state index >= 15 is 0 Å². The monoisotopic (exact) mass is 250 g/mol. The van der Waals surface area contributed by atoms with E-state index in [2.05, 4.69) is 11.9 Å². The molecule has 1 saturated heterocycles. The molecule has 0 amide bonds. The number of nitrogens with zero attached hydrogens (tertiary/aromatic N) is 2. The van der Waals surface area contributed by atoms with E-state index in [0.717, 1.165) is 13.1 Å². The lowest BCUT2D eigenvalue weighted by Crippen LogP contribution is -2.50. The molecule has 0 aromatic heterocycles. The van der Waals surface area contributed by atoms with E-state index < -0.39 is 12.6 Å².